The number of aromatic nitrogens is 1. The van der Waals surface area contributed by atoms with Gasteiger partial charge in [-0.2, -0.15) is 11.8 Å². The van der Waals surface area contributed by atoms with Crippen LogP contribution in [0.4, 0.5) is 0 Å². The van der Waals surface area contributed by atoms with E-state index < -0.39 is 5.97 Å². The molecule has 0 unspecified atom stereocenters. The number of rotatable bonds is 4. The molecule has 5 heteroatoms. The van der Waals surface area contributed by atoms with Crippen LogP contribution in [-0.4, -0.2) is 22.3 Å². The van der Waals surface area contributed by atoms with Crippen molar-refractivity contribution in [2.24, 2.45) is 0 Å². The third-order valence-electron chi connectivity index (χ3n) is 2.18. The van der Waals surface area contributed by atoms with Crippen molar-refractivity contribution in [3.05, 3.63) is 40.2 Å². The zero-order chi connectivity index (χ0) is 12.3. The molecule has 0 aliphatic carbocycles. The lowest BCUT2D eigenvalue weighted by atomic mass is 10.1. The fourth-order valence-corrected chi connectivity index (χ4v) is 3.11. The predicted molar refractivity (Wildman–Crippen MR) is 71.7 cm³/mol. The zero-order valence-corrected chi connectivity index (χ0v) is 10.8. The molecule has 0 amide bonds. The fourth-order valence-electron chi connectivity index (χ4n) is 1.49. The molecule has 1 N–H and O–H groups in total. The molecular formula is C12H11NO2S2. The van der Waals surface area contributed by atoms with Crippen LogP contribution in [-0.2, 0) is 5.75 Å². The minimum Gasteiger partial charge on any atom is -0.477 e. The summed E-state index contributed by atoms with van der Waals surface area (Å²) in [6.45, 7) is 0. The van der Waals surface area contributed by atoms with E-state index in [1.165, 1.54) is 11.3 Å². The third kappa shape index (κ3) is 2.68. The summed E-state index contributed by atoms with van der Waals surface area (Å²) >= 11 is 2.89. The van der Waals surface area contributed by atoms with Gasteiger partial charge in [0, 0.05) is 11.3 Å². The Labute approximate surface area is 108 Å². The zero-order valence-electron chi connectivity index (χ0n) is 9.21. The molecule has 0 saturated carbocycles. The number of carboxylic acid groups (broad SMARTS) is 1. The Kier molecular flexibility index (Phi) is 3.81. The molecule has 0 aliphatic rings. The second kappa shape index (κ2) is 5.33. The first-order valence-electron chi connectivity index (χ1n) is 4.99. The average Bonchev–Trinajstić information content (AvgIpc) is 2.75. The van der Waals surface area contributed by atoms with Gasteiger partial charge in [0.1, 0.15) is 9.88 Å². The summed E-state index contributed by atoms with van der Waals surface area (Å²) < 4.78 is 0. The van der Waals surface area contributed by atoms with Crippen molar-refractivity contribution in [1.82, 2.24) is 4.98 Å². The quantitative estimate of drug-likeness (QED) is 0.920. The molecule has 3 nitrogen and oxygen atoms in total. The topological polar surface area (TPSA) is 50.2 Å². The lowest BCUT2D eigenvalue weighted by Crippen LogP contribution is -1.95. The Hall–Kier alpha value is -1.33. The molecule has 0 radical (unpaired) electrons. The summed E-state index contributed by atoms with van der Waals surface area (Å²) in [5.74, 6) is -0.161. The van der Waals surface area contributed by atoms with E-state index in [9.17, 15) is 9.90 Å². The van der Waals surface area contributed by atoms with Crippen LogP contribution >= 0.6 is 23.1 Å². The maximum absolute atomic E-state index is 11.2. The normalized spacial score (nSPS) is 10.4. The molecule has 0 aliphatic heterocycles. The van der Waals surface area contributed by atoms with Crippen LogP contribution in [0.25, 0.3) is 11.3 Å². The van der Waals surface area contributed by atoms with Gasteiger partial charge in [0.15, 0.2) is 0 Å². The standard InChI is InChI=1S/C12H11NO2S2/c1-16-7-9-13-10(11(17-9)12(14)15)8-5-3-2-4-6-8/h2-6H,7H2,1H3,(H,14,15). The number of thioether (sulfide) groups is 1. The Morgan fingerprint density at radius 3 is 2.71 bits per heavy atom. The summed E-state index contributed by atoms with van der Waals surface area (Å²) in [5, 5.41) is 10.0. The van der Waals surface area contributed by atoms with Crippen LogP contribution in [0.1, 0.15) is 14.7 Å². The van der Waals surface area contributed by atoms with Gasteiger partial charge >= 0.3 is 5.97 Å². The molecule has 0 spiro atoms. The molecule has 0 bridgehead atoms. The van der Waals surface area contributed by atoms with E-state index in [2.05, 4.69) is 4.98 Å². The van der Waals surface area contributed by atoms with Crippen molar-refractivity contribution in [3.63, 3.8) is 0 Å². The molecule has 1 heterocycles. The van der Waals surface area contributed by atoms with Gasteiger partial charge in [-0.25, -0.2) is 9.78 Å². The van der Waals surface area contributed by atoms with E-state index >= 15 is 0 Å². The molecule has 1 aromatic carbocycles. The van der Waals surface area contributed by atoms with Crippen LogP contribution in [0.3, 0.4) is 0 Å². The summed E-state index contributed by atoms with van der Waals surface area (Å²) in [7, 11) is 0. The predicted octanol–water partition coefficient (Wildman–Crippen LogP) is 3.37. The Morgan fingerprint density at radius 1 is 1.41 bits per heavy atom. The largest absolute Gasteiger partial charge is 0.477 e. The van der Waals surface area contributed by atoms with Gasteiger partial charge in [0.05, 0.1) is 5.69 Å². The molecule has 1 aromatic heterocycles. The van der Waals surface area contributed by atoms with Gasteiger partial charge in [-0.05, 0) is 6.26 Å². The van der Waals surface area contributed by atoms with Crippen molar-refractivity contribution in [3.8, 4) is 11.3 Å². The third-order valence-corrected chi connectivity index (χ3v) is 3.97. The number of hydrogen-bond donors (Lipinski definition) is 1. The monoisotopic (exact) mass is 265 g/mol. The second-order valence-corrected chi connectivity index (χ2v) is 5.34. The van der Waals surface area contributed by atoms with Crippen molar-refractivity contribution in [2.75, 3.05) is 6.26 Å². The Bertz CT molecular complexity index is 523. The first kappa shape index (κ1) is 12.1. The van der Waals surface area contributed by atoms with Gasteiger partial charge in [0.25, 0.3) is 0 Å². The van der Waals surface area contributed by atoms with Gasteiger partial charge in [-0.15, -0.1) is 11.3 Å². The lowest BCUT2D eigenvalue weighted by molar-refractivity contribution is 0.0702. The molecule has 0 fully saturated rings. The smallest absolute Gasteiger partial charge is 0.348 e. The molecule has 88 valence electrons. The Morgan fingerprint density at radius 2 is 2.12 bits per heavy atom. The van der Waals surface area contributed by atoms with Crippen LogP contribution < -0.4 is 0 Å². The van der Waals surface area contributed by atoms with E-state index in [4.69, 9.17) is 0 Å². The molecule has 2 aromatic rings. The highest BCUT2D eigenvalue weighted by Crippen LogP contribution is 2.29. The van der Waals surface area contributed by atoms with Gasteiger partial charge in [-0.1, -0.05) is 30.3 Å². The highest BCUT2D eigenvalue weighted by Gasteiger charge is 2.18. The van der Waals surface area contributed by atoms with Crippen molar-refractivity contribution in [1.29, 1.82) is 0 Å². The molecule has 0 atom stereocenters. The molecule has 17 heavy (non-hydrogen) atoms. The summed E-state index contributed by atoms with van der Waals surface area (Å²) in [5.41, 5.74) is 1.43. The van der Waals surface area contributed by atoms with Crippen LogP contribution in [0.15, 0.2) is 30.3 Å². The fraction of sp³-hybridized carbons (Fsp3) is 0.167. The second-order valence-electron chi connectivity index (χ2n) is 3.39. The molecule has 0 saturated heterocycles. The van der Waals surface area contributed by atoms with E-state index in [0.29, 0.717) is 10.6 Å². The van der Waals surface area contributed by atoms with E-state index in [-0.39, 0.29) is 0 Å². The van der Waals surface area contributed by atoms with Gasteiger partial charge in [0.2, 0.25) is 0 Å². The highest BCUT2D eigenvalue weighted by atomic mass is 32.2. The first-order valence-corrected chi connectivity index (χ1v) is 7.20. The number of aromatic carboxylic acids is 1. The highest BCUT2D eigenvalue weighted by molar-refractivity contribution is 7.97. The number of carbonyl (C=O) groups is 1. The van der Waals surface area contributed by atoms with Crippen LogP contribution in [0.5, 0.6) is 0 Å². The van der Waals surface area contributed by atoms with Gasteiger partial charge < -0.3 is 5.11 Å². The maximum atomic E-state index is 11.2. The number of nitrogens with zero attached hydrogens (tertiary/aromatic N) is 1. The number of thiazole rings is 1. The maximum Gasteiger partial charge on any atom is 0.348 e. The SMILES string of the molecule is CSCc1nc(-c2ccccc2)c(C(=O)O)s1. The average molecular weight is 265 g/mol. The van der Waals surface area contributed by atoms with Crippen LogP contribution in [0.2, 0.25) is 0 Å². The van der Waals surface area contributed by atoms with Crippen LogP contribution in [0, 0.1) is 0 Å². The first-order chi connectivity index (χ1) is 8.22. The van der Waals surface area contributed by atoms with Crippen molar-refractivity contribution >= 4 is 29.1 Å². The summed E-state index contributed by atoms with van der Waals surface area (Å²) in [6.07, 6.45) is 1.98. The minimum absolute atomic E-state index is 0.320. The van der Waals surface area contributed by atoms with E-state index in [1.54, 1.807) is 11.8 Å². The molecule has 2 rings (SSSR count). The Balaban J connectivity index is 2.48. The van der Waals surface area contributed by atoms with Crippen molar-refractivity contribution in [2.45, 2.75) is 5.75 Å². The lowest BCUT2D eigenvalue weighted by Gasteiger charge is -1.97. The number of carboxylic acids is 1. The summed E-state index contributed by atoms with van der Waals surface area (Å²) in [4.78, 5) is 15.9. The van der Waals surface area contributed by atoms with Crippen molar-refractivity contribution < 1.29 is 9.90 Å². The molecular weight excluding hydrogens is 254 g/mol. The summed E-state index contributed by atoms with van der Waals surface area (Å²) in [6, 6.07) is 9.43. The van der Waals surface area contributed by atoms with Gasteiger partial charge in [-0.3, -0.25) is 0 Å². The number of benzene rings is 1. The number of hydrogen-bond acceptors (Lipinski definition) is 4. The van der Waals surface area contributed by atoms with E-state index in [0.717, 1.165) is 16.3 Å². The van der Waals surface area contributed by atoms with E-state index in [1.807, 2.05) is 36.6 Å². The minimum atomic E-state index is -0.909.